The Balaban J connectivity index is 2.18. The lowest BCUT2D eigenvalue weighted by Crippen LogP contribution is -2.37. The third-order valence-electron chi connectivity index (χ3n) is 2.71. The predicted molar refractivity (Wildman–Crippen MR) is 83.0 cm³/mol. The summed E-state index contributed by atoms with van der Waals surface area (Å²) in [7, 11) is 0. The van der Waals surface area contributed by atoms with Crippen molar-refractivity contribution in [2.75, 3.05) is 13.1 Å². The number of benzene rings is 1. The molecule has 0 aromatic heterocycles. The van der Waals surface area contributed by atoms with Gasteiger partial charge in [-0.2, -0.15) is 0 Å². The van der Waals surface area contributed by atoms with E-state index in [9.17, 15) is 0 Å². The molecule has 0 atom stereocenters. The standard InChI is InChI=1S/C15H25BrN2/c1-12-6-7-13(14(16)10-12)11-17-8-5-9-18-15(2,3)4/h6-7,10,17-18H,5,8-9,11H2,1-4H3. The van der Waals surface area contributed by atoms with E-state index in [0.717, 1.165) is 26.1 Å². The zero-order valence-corrected chi connectivity index (χ0v) is 13.5. The molecule has 0 aliphatic rings. The number of nitrogens with one attached hydrogen (secondary N) is 2. The summed E-state index contributed by atoms with van der Waals surface area (Å²) in [6.07, 6.45) is 1.15. The van der Waals surface area contributed by atoms with E-state index in [4.69, 9.17) is 0 Å². The van der Waals surface area contributed by atoms with Gasteiger partial charge >= 0.3 is 0 Å². The first-order valence-electron chi connectivity index (χ1n) is 6.59. The van der Waals surface area contributed by atoms with Gasteiger partial charge in [0.1, 0.15) is 0 Å². The molecule has 3 heteroatoms. The fraction of sp³-hybridized carbons (Fsp3) is 0.600. The Morgan fingerprint density at radius 1 is 1.17 bits per heavy atom. The van der Waals surface area contributed by atoms with Gasteiger partial charge in [0.25, 0.3) is 0 Å². The van der Waals surface area contributed by atoms with Crippen molar-refractivity contribution in [3.63, 3.8) is 0 Å². The van der Waals surface area contributed by atoms with Crippen molar-refractivity contribution in [1.82, 2.24) is 10.6 Å². The van der Waals surface area contributed by atoms with Gasteiger partial charge in [0.05, 0.1) is 0 Å². The Bertz CT molecular complexity index is 369. The third-order valence-corrected chi connectivity index (χ3v) is 3.45. The first-order valence-corrected chi connectivity index (χ1v) is 7.38. The Hall–Kier alpha value is -0.380. The van der Waals surface area contributed by atoms with Crippen LogP contribution in [-0.4, -0.2) is 18.6 Å². The summed E-state index contributed by atoms with van der Waals surface area (Å²) >= 11 is 3.60. The second-order valence-corrected chi connectivity index (χ2v) is 6.66. The molecule has 0 aliphatic carbocycles. The summed E-state index contributed by atoms with van der Waals surface area (Å²) in [5, 5.41) is 6.97. The Morgan fingerprint density at radius 3 is 2.50 bits per heavy atom. The lowest BCUT2D eigenvalue weighted by atomic mass is 10.1. The molecule has 2 N–H and O–H groups in total. The quantitative estimate of drug-likeness (QED) is 0.784. The van der Waals surface area contributed by atoms with Crippen LogP contribution in [0.3, 0.4) is 0 Å². The SMILES string of the molecule is Cc1ccc(CNCCCNC(C)(C)C)c(Br)c1. The minimum absolute atomic E-state index is 0.222. The van der Waals surface area contributed by atoms with Gasteiger partial charge in [-0.05, 0) is 64.4 Å². The van der Waals surface area contributed by atoms with Crippen LogP contribution in [0.4, 0.5) is 0 Å². The Kier molecular flexibility index (Phi) is 6.33. The zero-order valence-electron chi connectivity index (χ0n) is 11.9. The second-order valence-electron chi connectivity index (χ2n) is 5.80. The fourth-order valence-corrected chi connectivity index (χ4v) is 2.33. The van der Waals surface area contributed by atoms with Crippen LogP contribution in [0.25, 0.3) is 0 Å². The maximum atomic E-state index is 3.60. The molecule has 0 saturated heterocycles. The van der Waals surface area contributed by atoms with E-state index in [1.165, 1.54) is 15.6 Å². The highest BCUT2D eigenvalue weighted by Gasteiger charge is 2.06. The maximum Gasteiger partial charge on any atom is 0.0222 e. The molecule has 102 valence electrons. The van der Waals surface area contributed by atoms with Crippen LogP contribution in [0, 0.1) is 6.92 Å². The van der Waals surface area contributed by atoms with Crippen molar-refractivity contribution >= 4 is 15.9 Å². The van der Waals surface area contributed by atoms with Gasteiger partial charge in [-0.1, -0.05) is 28.1 Å². The molecule has 0 bridgehead atoms. The van der Waals surface area contributed by atoms with Crippen molar-refractivity contribution in [2.24, 2.45) is 0 Å². The summed E-state index contributed by atoms with van der Waals surface area (Å²) < 4.78 is 1.20. The maximum absolute atomic E-state index is 3.60. The Labute approximate surface area is 120 Å². The van der Waals surface area contributed by atoms with Crippen LogP contribution >= 0.6 is 15.9 Å². The van der Waals surface area contributed by atoms with Gasteiger partial charge in [0.15, 0.2) is 0 Å². The van der Waals surface area contributed by atoms with Crippen LogP contribution < -0.4 is 10.6 Å². The number of aryl methyl sites for hydroxylation is 1. The first kappa shape index (κ1) is 15.7. The normalized spacial score (nSPS) is 11.8. The molecule has 1 aromatic carbocycles. The third kappa shape index (κ3) is 6.53. The number of rotatable bonds is 6. The molecular formula is C15H25BrN2. The zero-order chi connectivity index (χ0) is 13.6. The molecule has 2 nitrogen and oxygen atoms in total. The van der Waals surface area contributed by atoms with Crippen LogP contribution in [-0.2, 0) is 6.54 Å². The van der Waals surface area contributed by atoms with Gasteiger partial charge in [0.2, 0.25) is 0 Å². The highest BCUT2D eigenvalue weighted by Crippen LogP contribution is 2.17. The molecule has 0 spiro atoms. The number of hydrogen-bond acceptors (Lipinski definition) is 2. The number of halogens is 1. The largest absolute Gasteiger partial charge is 0.313 e. The van der Waals surface area contributed by atoms with Crippen LogP contribution in [0.2, 0.25) is 0 Å². The molecule has 18 heavy (non-hydrogen) atoms. The van der Waals surface area contributed by atoms with Crippen molar-refractivity contribution in [2.45, 2.75) is 46.2 Å². The highest BCUT2D eigenvalue weighted by atomic mass is 79.9. The van der Waals surface area contributed by atoms with Gasteiger partial charge in [0, 0.05) is 16.6 Å². The highest BCUT2D eigenvalue weighted by molar-refractivity contribution is 9.10. The van der Waals surface area contributed by atoms with Crippen LogP contribution in [0.1, 0.15) is 38.3 Å². The molecule has 0 fully saturated rings. The summed E-state index contributed by atoms with van der Waals surface area (Å²) in [6.45, 7) is 11.7. The second kappa shape index (κ2) is 7.27. The van der Waals surface area contributed by atoms with Gasteiger partial charge in [-0.15, -0.1) is 0 Å². The molecular weight excluding hydrogens is 288 g/mol. The monoisotopic (exact) mass is 312 g/mol. The minimum Gasteiger partial charge on any atom is -0.313 e. The lowest BCUT2D eigenvalue weighted by molar-refractivity contribution is 0.418. The molecule has 0 heterocycles. The van der Waals surface area contributed by atoms with Crippen molar-refractivity contribution in [3.8, 4) is 0 Å². The fourth-order valence-electron chi connectivity index (χ4n) is 1.70. The first-order chi connectivity index (χ1) is 8.38. The number of hydrogen-bond donors (Lipinski definition) is 2. The smallest absolute Gasteiger partial charge is 0.0222 e. The predicted octanol–water partition coefficient (Wildman–Crippen LogP) is 3.63. The average Bonchev–Trinajstić information content (AvgIpc) is 2.24. The van der Waals surface area contributed by atoms with Gasteiger partial charge < -0.3 is 10.6 Å². The van der Waals surface area contributed by atoms with Crippen molar-refractivity contribution in [1.29, 1.82) is 0 Å². The molecule has 0 radical (unpaired) electrons. The average molecular weight is 313 g/mol. The summed E-state index contributed by atoms with van der Waals surface area (Å²) in [5.74, 6) is 0. The van der Waals surface area contributed by atoms with Crippen LogP contribution in [0.5, 0.6) is 0 Å². The van der Waals surface area contributed by atoms with E-state index in [2.05, 4.69) is 72.5 Å². The molecule has 1 aromatic rings. The molecule has 0 aliphatic heterocycles. The van der Waals surface area contributed by atoms with E-state index in [-0.39, 0.29) is 5.54 Å². The molecule has 1 rings (SSSR count). The molecule has 0 unspecified atom stereocenters. The van der Waals surface area contributed by atoms with E-state index in [1.54, 1.807) is 0 Å². The summed E-state index contributed by atoms with van der Waals surface area (Å²) in [4.78, 5) is 0. The van der Waals surface area contributed by atoms with Crippen molar-refractivity contribution < 1.29 is 0 Å². The lowest BCUT2D eigenvalue weighted by Gasteiger charge is -2.20. The van der Waals surface area contributed by atoms with Crippen LogP contribution in [0.15, 0.2) is 22.7 Å². The summed E-state index contributed by atoms with van der Waals surface area (Å²) in [5.41, 5.74) is 2.84. The topological polar surface area (TPSA) is 24.1 Å². The van der Waals surface area contributed by atoms with E-state index in [0.29, 0.717) is 0 Å². The van der Waals surface area contributed by atoms with E-state index >= 15 is 0 Å². The van der Waals surface area contributed by atoms with Gasteiger partial charge in [-0.25, -0.2) is 0 Å². The van der Waals surface area contributed by atoms with E-state index < -0.39 is 0 Å². The minimum atomic E-state index is 0.222. The Morgan fingerprint density at radius 2 is 1.89 bits per heavy atom. The van der Waals surface area contributed by atoms with Crippen molar-refractivity contribution in [3.05, 3.63) is 33.8 Å². The van der Waals surface area contributed by atoms with Gasteiger partial charge in [-0.3, -0.25) is 0 Å². The van der Waals surface area contributed by atoms with E-state index in [1.807, 2.05) is 0 Å². The summed E-state index contributed by atoms with van der Waals surface area (Å²) in [6, 6.07) is 6.50. The molecule has 0 amide bonds. The molecule has 0 saturated carbocycles.